The van der Waals surface area contributed by atoms with Crippen molar-refractivity contribution >= 4 is 0 Å². The van der Waals surface area contributed by atoms with Crippen LogP contribution in [-0.4, -0.2) is 29.2 Å². The zero-order valence-corrected chi connectivity index (χ0v) is 11.2. The summed E-state index contributed by atoms with van der Waals surface area (Å²) in [7, 11) is 0. The summed E-state index contributed by atoms with van der Waals surface area (Å²) >= 11 is 0. The number of aliphatic hydroxyl groups excluding tert-OH is 1. The Labute approximate surface area is 114 Å². The van der Waals surface area contributed by atoms with Crippen molar-refractivity contribution in [2.75, 3.05) is 13.1 Å². The maximum Gasteiger partial charge on any atom is 0.0583 e. The minimum Gasteiger partial charge on any atom is -0.393 e. The monoisotopic (exact) mass is 258 g/mol. The molecule has 102 valence electrons. The average Bonchev–Trinajstić information content (AvgIpc) is 3.06. The van der Waals surface area contributed by atoms with E-state index in [9.17, 15) is 5.11 Å². The number of benzene rings is 1. The molecule has 2 fully saturated rings. The summed E-state index contributed by atoms with van der Waals surface area (Å²) in [4.78, 5) is 2.57. The zero-order chi connectivity index (χ0) is 13.0. The van der Waals surface area contributed by atoms with Crippen LogP contribution in [0.1, 0.15) is 42.5 Å². The van der Waals surface area contributed by atoms with Crippen molar-refractivity contribution in [3.05, 3.63) is 35.4 Å². The molecule has 1 saturated heterocycles. The number of nitrogens with two attached hydrogens (primary N) is 1. The van der Waals surface area contributed by atoms with E-state index in [1.54, 1.807) is 0 Å². The summed E-state index contributed by atoms with van der Waals surface area (Å²) in [5.41, 5.74) is 9.02. The second kappa shape index (κ2) is 4.30. The summed E-state index contributed by atoms with van der Waals surface area (Å²) < 4.78 is 0. The summed E-state index contributed by atoms with van der Waals surface area (Å²) in [6, 6.07) is 9.28. The Balaban J connectivity index is 1.59. The van der Waals surface area contributed by atoms with Gasteiger partial charge in [-0.1, -0.05) is 24.3 Å². The Morgan fingerprint density at radius 3 is 2.68 bits per heavy atom. The highest BCUT2D eigenvalue weighted by Crippen LogP contribution is 2.46. The molecule has 0 aromatic heterocycles. The molecule has 19 heavy (non-hydrogen) atoms. The molecule has 0 amide bonds. The molecular weight excluding hydrogens is 236 g/mol. The molecule has 1 heterocycles. The second-order valence-electron chi connectivity index (χ2n) is 6.51. The third kappa shape index (κ3) is 1.76. The Bertz CT molecular complexity index is 489. The third-order valence-corrected chi connectivity index (χ3v) is 5.52. The van der Waals surface area contributed by atoms with Gasteiger partial charge in [0.2, 0.25) is 0 Å². The molecular formula is C16H22N2O. The Hall–Kier alpha value is -0.900. The van der Waals surface area contributed by atoms with Crippen molar-refractivity contribution in [1.29, 1.82) is 0 Å². The van der Waals surface area contributed by atoms with Crippen molar-refractivity contribution in [3.63, 3.8) is 0 Å². The largest absolute Gasteiger partial charge is 0.393 e. The first-order chi connectivity index (χ1) is 9.24. The number of fused-ring (bicyclic) bond motifs is 2. The Morgan fingerprint density at radius 1 is 1.11 bits per heavy atom. The fourth-order valence-corrected chi connectivity index (χ4v) is 4.52. The van der Waals surface area contributed by atoms with Crippen LogP contribution in [0.5, 0.6) is 0 Å². The summed E-state index contributed by atoms with van der Waals surface area (Å²) in [6.45, 7) is 2.20. The lowest BCUT2D eigenvalue weighted by molar-refractivity contribution is 0.117. The number of rotatable bonds is 1. The second-order valence-corrected chi connectivity index (χ2v) is 6.51. The van der Waals surface area contributed by atoms with E-state index < -0.39 is 0 Å². The minimum atomic E-state index is -0.0691. The minimum absolute atomic E-state index is 0.0691. The molecule has 3 N–H and O–H groups in total. The maximum absolute atomic E-state index is 10.1. The first-order valence-electron chi connectivity index (χ1n) is 7.50. The quantitative estimate of drug-likeness (QED) is 0.808. The molecule has 0 spiro atoms. The molecule has 1 saturated carbocycles. The maximum atomic E-state index is 10.1. The SMILES string of the molecule is NC1CC(N2CC3CCC(O)C3C2)c2ccccc21. The third-order valence-electron chi connectivity index (χ3n) is 5.52. The number of likely N-dealkylation sites (tertiary alicyclic amines) is 1. The lowest BCUT2D eigenvalue weighted by atomic mass is 10.00. The van der Waals surface area contributed by atoms with Crippen molar-refractivity contribution in [2.45, 2.75) is 37.5 Å². The van der Waals surface area contributed by atoms with E-state index in [2.05, 4.69) is 29.2 Å². The average molecular weight is 258 g/mol. The van der Waals surface area contributed by atoms with Gasteiger partial charge in [0, 0.05) is 31.1 Å². The molecule has 1 aromatic rings. The van der Waals surface area contributed by atoms with Gasteiger partial charge in [0.25, 0.3) is 0 Å². The standard InChI is InChI=1S/C16H22N2O/c17-14-7-15(12-4-2-1-3-11(12)14)18-8-10-5-6-16(19)13(10)9-18/h1-4,10,13-16,19H,5-9,17H2. The van der Waals surface area contributed by atoms with Crippen LogP contribution in [0.2, 0.25) is 0 Å². The molecule has 1 aliphatic heterocycles. The highest BCUT2D eigenvalue weighted by molar-refractivity contribution is 5.37. The van der Waals surface area contributed by atoms with E-state index >= 15 is 0 Å². The van der Waals surface area contributed by atoms with Crippen LogP contribution in [0.4, 0.5) is 0 Å². The highest BCUT2D eigenvalue weighted by Gasteiger charge is 2.45. The fourth-order valence-electron chi connectivity index (χ4n) is 4.52. The number of nitrogens with zero attached hydrogens (tertiary/aromatic N) is 1. The van der Waals surface area contributed by atoms with Crippen LogP contribution in [0, 0.1) is 11.8 Å². The van der Waals surface area contributed by atoms with Gasteiger partial charge in [-0.25, -0.2) is 0 Å². The molecule has 4 rings (SSSR count). The molecule has 1 aromatic carbocycles. The van der Waals surface area contributed by atoms with Gasteiger partial charge in [0.1, 0.15) is 0 Å². The number of hydrogen-bond donors (Lipinski definition) is 2. The van der Waals surface area contributed by atoms with Gasteiger partial charge in [-0.2, -0.15) is 0 Å². The van der Waals surface area contributed by atoms with Crippen molar-refractivity contribution in [2.24, 2.45) is 17.6 Å². The van der Waals surface area contributed by atoms with Crippen molar-refractivity contribution in [3.8, 4) is 0 Å². The van der Waals surface area contributed by atoms with E-state index in [-0.39, 0.29) is 12.1 Å². The van der Waals surface area contributed by atoms with Crippen LogP contribution < -0.4 is 5.73 Å². The van der Waals surface area contributed by atoms with Gasteiger partial charge in [0.15, 0.2) is 0 Å². The normalized spacial score (nSPS) is 41.5. The Morgan fingerprint density at radius 2 is 1.89 bits per heavy atom. The lowest BCUT2D eigenvalue weighted by Crippen LogP contribution is -2.28. The van der Waals surface area contributed by atoms with Crippen LogP contribution >= 0.6 is 0 Å². The van der Waals surface area contributed by atoms with Crippen LogP contribution in [0.15, 0.2) is 24.3 Å². The molecule has 0 radical (unpaired) electrons. The first-order valence-corrected chi connectivity index (χ1v) is 7.50. The van der Waals surface area contributed by atoms with Gasteiger partial charge in [0.05, 0.1) is 6.10 Å². The molecule has 3 nitrogen and oxygen atoms in total. The van der Waals surface area contributed by atoms with Gasteiger partial charge in [-0.3, -0.25) is 4.90 Å². The molecule has 0 bridgehead atoms. The van der Waals surface area contributed by atoms with E-state index in [4.69, 9.17) is 5.73 Å². The highest BCUT2D eigenvalue weighted by atomic mass is 16.3. The van der Waals surface area contributed by atoms with Crippen LogP contribution in [-0.2, 0) is 0 Å². The van der Waals surface area contributed by atoms with Gasteiger partial charge in [-0.05, 0) is 36.3 Å². The summed E-state index contributed by atoms with van der Waals surface area (Å²) in [5.74, 6) is 1.21. The lowest BCUT2D eigenvalue weighted by Gasteiger charge is -2.26. The predicted molar refractivity (Wildman–Crippen MR) is 74.5 cm³/mol. The smallest absolute Gasteiger partial charge is 0.0583 e. The van der Waals surface area contributed by atoms with Crippen LogP contribution in [0.25, 0.3) is 0 Å². The van der Waals surface area contributed by atoms with Crippen LogP contribution in [0.3, 0.4) is 0 Å². The number of aliphatic hydroxyl groups is 1. The van der Waals surface area contributed by atoms with E-state index in [1.165, 1.54) is 17.5 Å². The molecule has 5 unspecified atom stereocenters. The molecule has 3 aliphatic rings. The van der Waals surface area contributed by atoms with Gasteiger partial charge < -0.3 is 10.8 Å². The van der Waals surface area contributed by atoms with Crippen molar-refractivity contribution in [1.82, 2.24) is 4.90 Å². The van der Waals surface area contributed by atoms with E-state index in [0.29, 0.717) is 17.9 Å². The van der Waals surface area contributed by atoms with Gasteiger partial charge >= 0.3 is 0 Å². The molecule has 3 heteroatoms. The number of hydrogen-bond acceptors (Lipinski definition) is 3. The predicted octanol–water partition coefficient (Wildman–Crippen LogP) is 1.83. The molecule has 5 atom stereocenters. The van der Waals surface area contributed by atoms with E-state index in [0.717, 1.165) is 25.9 Å². The van der Waals surface area contributed by atoms with Gasteiger partial charge in [-0.15, -0.1) is 0 Å². The first kappa shape index (κ1) is 11.9. The zero-order valence-electron chi connectivity index (χ0n) is 11.2. The van der Waals surface area contributed by atoms with Crippen molar-refractivity contribution < 1.29 is 5.11 Å². The van der Waals surface area contributed by atoms with E-state index in [1.807, 2.05) is 0 Å². The summed E-state index contributed by atoms with van der Waals surface area (Å²) in [5, 5.41) is 10.1. The Kier molecular flexibility index (Phi) is 2.69. The fraction of sp³-hybridized carbons (Fsp3) is 0.625. The topological polar surface area (TPSA) is 49.5 Å². The molecule has 2 aliphatic carbocycles. The summed E-state index contributed by atoms with van der Waals surface area (Å²) in [6.07, 6.45) is 3.17.